The van der Waals surface area contributed by atoms with Crippen molar-refractivity contribution in [3.63, 3.8) is 0 Å². The van der Waals surface area contributed by atoms with Gasteiger partial charge < -0.3 is 10.6 Å². The standard InChI is InChI=1S/C22H22F6N4O2/c1-10-15-9-30-4-3-14(15)11(2)32(20(10)21(34)31-22(26,27)28)19(33)7-13(29)5-12-6-17(24)18(25)8-16(12)23/h3-4,6,8-11,13,20H,5,7,29H2,1-2H3,(H,31,34)/t10?,11?,13-,20+/m1/s1. The third kappa shape index (κ3) is 5.32. The summed E-state index contributed by atoms with van der Waals surface area (Å²) in [5.74, 6) is -6.72. The fourth-order valence-corrected chi connectivity index (χ4v) is 4.32. The Balaban J connectivity index is 1.88. The summed E-state index contributed by atoms with van der Waals surface area (Å²) in [7, 11) is 0. The van der Waals surface area contributed by atoms with Gasteiger partial charge in [0, 0.05) is 36.8 Å². The van der Waals surface area contributed by atoms with E-state index in [9.17, 15) is 35.9 Å². The number of nitrogens with one attached hydrogen (secondary N) is 1. The largest absolute Gasteiger partial charge is 0.484 e. The van der Waals surface area contributed by atoms with E-state index >= 15 is 0 Å². The van der Waals surface area contributed by atoms with Crippen molar-refractivity contribution >= 4 is 11.8 Å². The van der Waals surface area contributed by atoms with Gasteiger partial charge in [-0.2, -0.15) is 13.2 Å². The monoisotopic (exact) mass is 488 g/mol. The van der Waals surface area contributed by atoms with Gasteiger partial charge in [0.2, 0.25) is 11.8 Å². The number of carbonyl (C=O) groups is 2. The third-order valence-electron chi connectivity index (χ3n) is 5.85. The van der Waals surface area contributed by atoms with E-state index in [4.69, 9.17) is 5.73 Å². The predicted octanol–water partition coefficient (Wildman–Crippen LogP) is 3.47. The Morgan fingerprint density at radius 3 is 2.41 bits per heavy atom. The van der Waals surface area contributed by atoms with Crippen molar-refractivity contribution in [3.05, 3.63) is 64.7 Å². The zero-order valence-electron chi connectivity index (χ0n) is 18.2. The molecule has 0 saturated carbocycles. The smallest absolute Gasteiger partial charge is 0.327 e. The molecule has 2 unspecified atom stereocenters. The lowest BCUT2D eigenvalue weighted by Crippen LogP contribution is -2.58. The average Bonchev–Trinajstić information content (AvgIpc) is 2.72. The van der Waals surface area contributed by atoms with Gasteiger partial charge in [-0.15, -0.1) is 0 Å². The number of benzene rings is 1. The lowest BCUT2D eigenvalue weighted by molar-refractivity contribution is -0.176. The van der Waals surface area contributed by atoms with E-state index in [1.165, 1.54) is 19.3 Å². The molecule has 1 aliphatic rings. The van der Waals surface area contributed by atoms with Crippen LogP contribution in [0.25, 0.3) is 0 Å². The minimum Gasteiger partial charge on any atom is -0.327 e. The van der Waals surface area contributed by atoms with Crippen molar-refractivity contribution in [1.82, 2.24) is 15.2 Å². The van der Waals surface area contributed by atoms with Gasteiger partial charge in [0.1, 0.15) is 11.9 Å². The van der Waals surface area contributed by atoms with Gasteiger partial charge in [-0.3, -0.25) is 19.9 Å². The third-order valence-corrected chi connectivity index (χ3v) is 5.85. The zero-order valence-corrected chi connectivity index (χ0v) is 18.2. The number of nitrogens with two attached hydrogens (primary N) is 1. The summed E-state index contributed by atoms with van der Waals surface area (Å²) < 4.78 is 79.3. The summed E-state index contributed by atoms with van der Waals surface area (Å²) in [6, 6.07) is -0.810. The van der Waals surface area contributed by atoms with Gasteiger partial charge in [0.25, 0.3) is 0 Å². The van der Waals surface area contributed by atoms with Crippen LogP contribution in [-0.2, 0) is 16.0 Å². The van der Waals surface area contributed by atoms with Gasteiger partial charge in [0.05, 0.1) is 6.04 Å². The molecular weight excluding hydrogens is 466 g/mol. The second-order valence-electron chi connectivity index (χ2n) is 8.23. The van der Waals surface area contributed by atoms with Gasteiger partial charge in [-0.25, -0.2) is 13.2 Å². The number of hydrogen-bond acceptors (Lipinski definition) is 4. The summed E-state index contributed by atoms with van der Waals surface area (Å²) >= 11 is 0. The number of hydrogen-bond donors (Lipinski definition) is 2. The first-order valence-electron chi connectivity index (χ1n) is 10.3. The van der Waals surface area contributed by atoms with E-state index < -0.39 is 66.0 Å². The van der Waals surface area contributed by atoms with Crippen molar-refractivity contribution in [2.24, 2.45) is 5.73 Å². The number of nitrogens with zero attached hydrogens (tertiary/aromatic N) is 2. The first-order chi connectivity index (χ1) is 15.8. The van der Waals surface area contributed by atoms with Crippen LogP contribution in [0.15, 0.2) is 30.6 Å². The Labute approximate surface area is 191 Å². The van der Waals surface area contributed by atoms with Crippen LogP contribution in [0.3, 0.4) is 0 Å². The summed E-state index contributed by atoms with van der Waals surface area (Å²) in [5.41, 5.74) is 6.81. The highest BCUT2D eigenvalue weighted by Crippen LogP contribution is 2.40. The van der Waals surface area contributed by atoms with Crippen LogP contribution in [0.1, 0.15) is 48.9 Å². The Morgan fingerprint density at radius 1 is 1.12 bits per heavy atom. The molecule has 4 atom stereocenters. The molecule has 2 heterocycles. The number of carbonyl (C=O) groups excluding carboxylic acids is 2. The normalized spacial score (nSPS) is 21.1. The van der Waals surface area contributed by atoms with Gasteiger partial charge in [-0.05, 0) is 42.2 Å². The molecular formula is C22H22F6N4O2. The van der Waals surface area contributed by atoms with Crippen LogP contribution in [-0.4, -0.2) is 40.1 Å². The molecule has 0 spiro atoms. The molecule has 6 nitrogen and oxygen atoms in total. The van der Waals surface area contributed by atoms with Crippen LogP contribution >= 0.6 is 0 Å². The number of halogens is 6. The topological polar surface area (TPSA) is 88.3 Å². The van der Waals surface area contributed by atoms with Crippen LogP contribution in [0.4, 0.5) is 26.3 Å². The van der Waals surface area contributed by atoms with Crippen LogP contribution in [0.5, 0.6) is 0 Å². The molecule has 2 aromatic rings. The number of alkyl halides is 3. The number of aromatic nitrogens is 1. The highest BCUT2D eigenvalue weighted by molar-refractivity contribution is 5.90. The van der Waals surface area contributed by atoms with Crippen LogP contribution in [0.2, 0.25) is 0 Å². The molecule has 1 aliphatic heterocycles. The molecule has 0 radical (unpaired) electrons. The molecule has 12 heteroatoms. The summed E-state index contributed by atoms with van der Waals surface area (Å²) in [4.78, 5) is 30.8. The van der Waals surface area contributed by atoms with Crippen LogP contribution in [0, 0.1) is 17.5 Å². The van der Waals surface area contributed by atoms with E-state index in [1.807, 2.05) is 0 Å². The Hall–Kier alpha value is -3.15. The lowest BCUT2D eigenvalue weighted by Gasteiger charge is -2.44. The summed E-state index contributed by atoms with van der Waals surface area (Å²) in [5, 5.41) is 0.956. The van der Waals surface area contributed by atoms with E-state index in [-0.39, 0.29) is 12.0 Å². The molecule has 0 bridgehead atoms. The highest BCUT2D eigenvalue weighted by atomic mass is 19.4. The molecule has 1 aromatic carbocycles. The van der Waals surface area contributed by atoms with Gasteiger partial charge >= 0.3 is 6.30 Å². The lowest BCUT2D eigenvalue weighted by atomic mass is 9.81. The second-order valence-corrected chi connectivity index (χ2v) is 8.23. The SMILES string of the molecule is CC1c2cnccc2C(C)N(C(=O)C[C@H](N)Cc2cc(F)c(F)cc2F)[C@@H]1C(=O)NC(F)(F)F. The van der Waals surface area contributed by atoms with Crippen LogP contribution < -0.4 is 11.1 Å². The number of pyridine rings is 1. The predicted molar refractivity (Wildman–Crippen MR) is 109 cm³/mol. The van der Waals surface area contributed by atoms with E-state index in [2.05, 4.69) is 4.98 Å². The molecule has 0 aliphatic carbocycles. The maximum Gasteiger partial charge on any atom is 0.484 e. The molecule has 34 heavy (non-hydrogen) atoms. The van der Waals surface area contributed by atoms with E-state index in [0.717, 1.165) is 10.2 Å². The van der Waals surface area contributed by atoms with Crippen molar-refractivity contribution in [2.75, 3.05) is 0 Å². The molecule has 0 fully saturated rings. The average molecular weight is 488 g/mol. The van der Waals surface area contributed by atoms with Gasteiger partial charge in [-0.1, -0.05) is 6.92 Å². The van der Waals surface area contributed by atoms with E-state index in [1.54, 1.807) is 13.0 Å². The van der Waals surface area contributed by atoms with Crippen molar-refractivity contribution in [2.45, 2.75) is 57.0 Å². The Morgan fingerprint density at radius 2 is 1.76 bits per heavy atom. The minimum absolute atomic E-state index is 0.262. The number of amides is 2. The Kier molecular flexibility index (Phi) is 7.20. The first-order valence-corrected chi connectivity index (χ1v) is 10.3. The molecule has 3 N–H and O–H groups in total. The minimum atomic E-state index is -5.01. The van der Waals surface area contributed by atoms with Crippen molar-refractivity contribution < 1.29 is 35.9 Å². The number of fused-ring (bicyclic) bond motifs is 1. The number of rotatable bonds is 5. The molecule has 1 aromatic heterocycles. The Bertz CT molecular complexity index is 1090. The molecule has 0 saturated heterocycles. The summed E-state index contributed by atoms with van der Waals surface area (Å²) in [6.07, 6.45) is -2.94. The quantitative estimate of drug-likeness (QED) is 0.383. The van der Waals surface area contributed by atoms with E-state index in [0.29, 0.717) is 23.3 Å². The molecule has 3 rings (SSSR count). The first kappa shape index (κ1) is 25.5. The zero-order chi connectivity index (χ0) is 25.4. The fraction of sp³-hybridized carbons (Fsp3) is 0.409. The highest BCUT2D eigenvalue weighted by Gasteiger charge is 2.46. The fourth-order valence-electron chi connectivity index (χ4n) is 4.32. The van der Waals surface area contributed by atoms with Crippen molar-refractivity contribution in [3.8, 4) is 0 Å². The maximum absolute atomic E-state index is 14.0. The maximum atomic E-state index is 14.0. The van der Waals surface area contributed by atoms with Gasteiger partial charge in [0.15, 0.2) is 11.6 Å². The second kappa shape index (κ2) is 9.61. The summed E-state index contributed by atoms with van der Waals surface area (Å²) in [6.45, 7) is 3.06. The molecule has 184 valence electrons. The van der Waals surface area contributed by atoms with Crippen molar-refractivity contribution in [1.29, 1.82) is 0 Å². The molecule has 2 amide bonds.